The molecule has 2 aliphatic heterocycles. The van der Waals surface area contributed by atoms with Crippen molar-refractivity contribution in [1.82, 2.24) is 0 Å². The van der Waals surface area contributed by atoms with E-state index in [1.807, 2.05) is 0 Å². The van der Waals surface area contributed by atoms with E-state index in [2.05, 4.69) is 4.99 Å². The van der Waals surface area contributed by atoms with E-state index >= 15 is 0 Å². The van der Waals surface area contributed by atoms with E-state index in [-0.39, 0.29) is 0 Å². The second-order valence-electron chi connectivity index (χ2n) is 6.62. The number of rotatable bonds is 3. The Morgan fingerprint density at radius 2 is 1.83 bits per heavy atom. The summed E-state index contributed by atoms with van der Waals surface area (Å²) in [4.78, 5) is 7.24. The molecular weight excluding hydrogens is 472 g/mol. The topological polar surface area (TPSA) is 105 Å². The Morgan fingerprint density at radius 1 is 1.17 bits per heavy atom. The standard InChI is InChI=1S/C18H16Cl2FN5O2S2/c1-30(27,28)13-6-5-9(7-12(13)21)25-8-24-17-15(16(25)22)26(18(23)29-17)14-10(19)3-2-4-11(14)20/h2-8,16,18H,22-23H2,1H3. The zero-order valence-corrected chi connectivity index (χ0v) is 18.6. The number of nitrogens with zero attached hydrogens (tertiary/aromatic N) is 3. The van der Waals surface area contributed by atoms with Gasteiger partial charge in [0.1, 0.15) is 27.4 Å². The molecule has 30 heavy (non-hydrogen) atoms. The summed E-state index contributed by atoms with van der Waals surface area (Å²) in [6.45, 7) is 0. The van der Waals surface area contributed by atoms with Crippen LogP contribution < -0.4 is 21.3 Å². The SMILES string of the molecule is CS(=O)(=O)c1ccc(N2C=NC3=C(C2N)N(c2c(Cl)cccc2Cl)C(N)S3)cc1F. The summed E-state index contributed by atoms with van der Waals surface area (Å²) in [5.41, 5.74) is 13.6. The molecule has 0 saturated carbocycles. The van der Waals surface area contributed by atoms with E-state index in [0.29, 0.717) is 32.1 Å². The summed E-state index contributed by atoms with van der Waals surface area (Å²) in [5, 5.41) is 1.38. The van der Waals surface area contributed by atoms with Gasteiger partial charge in [0.25, 0.3) is 0 Å². The fourth-order valence-corrected chi connectivity index (χ4v) is 5.61. The molecular formula is C18H16Cl2FN5O2S2. The van der Waals surface area contributed by atoms with Crippen molar-refractivity contribution in [2.24, 2.45) is 16.5 Å². The highest BCUT2D eigenvalue weighted by Gasteiger charge is 2.40. The molecule has 0 bridgehead atoms. The third-order valence-corrected chi connectivity index (χ3v) is 7.37. The molecule has 0 radical (unpaired) electrons. The molecule has 158 valence electrons. The van der Waals surface area contributed by atoms with E-state index in [1.54, 1.807) is 23.1 Å². The van der Waals surface area contributed by atoms with Gasteiger partial charge in [-0.25, -0.2) is 17.8 Å². The normalized spacial score (nSPS) is 21.4. The Hall–Kier alpha value is -1.82. The van der Waals surface area contributed by atoms with Crippen molar-refractivity contribution < 1.29 is 12.8 Å². The van der Waals surface area contributed by atoms with Gasteiger partial charge in [-0.2, -0.15) is 0 Å². The summed E-state index contributed by atoms with van der Waals surface area (Å²) in [7, 11) is -3.70. The molecule has 0 aromatic heterocycles. The third kappa shape index (κ3) is 3.57. The third-order valence-electron chi connectivity index (χ3n) is 4.64. The molecule has 2 unspecified atom stereocenters. The zero-order valence-electron chi connectivity index (χ0n) is 15.5. The second kappa shape index (κ2) is 7.70. The van der Waals surface area contributed by atoms with Crippen LogP contribution in [0.2, 0.25) is 10.0 Å². The lowest BCUT2D eigenvalue weighted by atomic mass is 10.2. The molecule has 4 N–H and O–H groups in total. The van der Waals surface area contributed by atoms with Crippen LogP contribution in [-0.4, -0.2) is 32.7 Å². The Bertz CT molecular complexity index is 1180. The Balaban J connectivity index is 1.75. The van der Waals surface area contributed by atoms with Gasteiger partial charge in [-0.05, 0) is 30.3 Å². The predicted molar refractivity (Wildman–Crippen MR) is 120 cm³/mol. The van der Waals surface area contributed by atoms with E-state index in [1.165, 1.54) is 35.1 Å². The summed E-state index contributed by atoms with van der Waals surface area (Å²) < 4.78 is 37.8. The van der Waals surface area contributed by atoms with Crippen LogP contribution in [0.3, 0.4) is 0 Å². The minimum Gasteiger partial charge on any atom is -0.311 e. The smallest absolute Gasteiger partial charge is 0.178 e. The summed E-state index contributed by atoms with van der Waals surface area (Å²) >= 11 is 14.0. The lowest BCUT2D eigenvalue weighted by molar-refractivity contribution is 0.570. The molecule has 12 heteroatoms. The molecule has 7 nitrogen and oxygen atoms in total. The Labute approximate surface area is 187 Å². The zero-order chi connectivity index (χ0) is 21.8. The molecule has 2 aromatic carbocycles. The molecule has 2 aromatic rings. The van der Waals surface area contributed by atoms with E-state index < -0.39 is 32.2 Å². The molecule has 0 fully saturated rings. The van der Waals surface area contributed by atoms with Crippen LogP contribution in [0.5, 0.6) is 0 Å². The summed E-state index contributed by atoms with van der Waals surface area (Å²) in [6.07, 6.45) is 1.60. The fraction of sp³-hybridized carbons (Fsp3) is 0.167. The van der Waals surface area contributed by atoms with Crippen molar-refractivity contribution in [3.05, 3.63) is 63.0 Å². The molecule has 2 heterocycles. The number of para-hydroxylation sites is 1. The maximum Gasteiger partial charge on any atom is 0.178 e. The molecule has 2 atom stereocenters. The maximum absolute atomic E-state index is 14.4. The van der Waals surface area contributed by atoms with Crippen LogP contribution in [0, 0.1) is 5.82 Å². The number of hydrogen-bond acceptors (Lipinski definition) is 8. The number of halogens is 3. The van der Waals surface area contributed by atoms with Gasteiger partial charge in [0.2, 0.25) is 0 Å². The van der Waals surface area contributed by atoms with Gasteiger partial charge in [0, 0.05) is 11.9 Å². The number of anilines is 2. The number of nitrogens with two attached hydrogens (primary N) is 2. The van der Waals surface area contributed by atoms with Crippen molar-refractivity contribution >= 4 is 62.5 Å². The van der Waals surface area contributed by atoms with Crippen LogP contribution in [0.4, 0.5) is 15.8 Å². The number of thioether (sulfide) groups is 1. The molecule has 0 amide bonds. The highest BCUT2D eigenvalue weighted by molar-refractivity contribution is 8.04. The van der Waals surface area contributed by atoms with Crippen LogP contribution >= 0.6 is 35.0 Å². The van der Waals surface area contributed by atoms with Crippen LogP contribution in [0.1, 0.15) is 0 Å². The van der Waals surface area contributed by atoms with E-state index in [4.69, 9.17) is 34.7 Å². The van der Waals surface area contributed by atoms with Crippen molar-refractivity contribution in [3.63, 3.8) is 0 Å². The number of sulfone groups is 1. The van der Waals surface area contributed by atoms with Gasteiger partial charge < -0.3 is 21.3 Å². The second-order valence-corrected chi connectivity index (χ2v) is 10.5. The number of hydrogen-bond donors (Lipinski definition) is 2. The number of aliphatic imine (C=N–C) groups is 1. The number of benzene rings is 2. The minimum atomic E-state index is -3.70. The van der Waals surface area contributed by atoms with Gasteiger partial charge in [-0.3, -0.25) is 0 Å². The lowest BCUT2D eigenvalue weighted by Crippen LogP contribution is -2.50. The highest BCUT2D eigenvalue weighted by atomic mass is 35.5. The van der Waals surface area contributed by atoms with Gasteiger partial charge >= 0.3 is 0 Å². The minimum absolute atomic E-state index is 0.332. The van der Waals surface area contributed by atoms with Gasteiger partial charge in [0.15, 0.2) is 9.84 Å². The van der Waals surface area contributed by atoms with Crippen LogP contribution in [0.15, 0.2) is 57.0 Å². The summed E-state index contributed by atoms with van der Waals surface area (Å²) in [6, 6.07) is 8.85. The Morgan fingerprint density at radius 3 is 2.43 bits per heavy atom. The monoisotopic (exact) mass is 487 g/mol. The first-order valence-corrected chi connectivity index (χ1v) is 12.1. The quantitative estimate of drug-likeness (QED) is 0.683. The highest BCUT2D eigenvalue weighted by Crippen LogP contribution is 2.47. The van der Waals surface area contributed by atoms with Crippen molar-refractivity contribution in [1.29, 1.82) is 0 Å². The molecule has 0 aliphatic carbocycles. The predicted octanol–water partition coefficient (Wildman–Crippen LogP) is 3.33. The van der Waals surface area contributed by atoms with E-state index in [9.17, 15) is 12.8 Å². The fourth-order valence-electron chi connectivity index (χ4n) is 3.30. The van der Waals surface area contributed by atoms with Crippen molar-refractivity contribution in [2.75, 3.05) is 16.1 Å². The molecule has 4 rings (SSSR count). The van der Waals surface area contributed by atoms with Crippen LogP contribution in [-0.2, 0) is 9.84 Å². The first-order chi connectivity index (χ1) is 14.1. The molecule has 0 saturated heterocycles. The molecule has 0 spiro atoms. The van der Waals surface area contributed by atoms with Crippen molar-refractivity contribution in [3.8, 4) is 0 Å². The van der Waals surface area contributed by atoms with Crippen LogP contribution in [0.25, 0.3) is 0 Å². The summed E-state index contributed by atoms with van der Waals surface area (Å²) in [5.74, 6) is -0.876. The average molecular weight is 488 g/mol. The van der Waals surface area contributed by atoms with Gasteiger partial charge in [-0.1, -0.05) is 41.0 Å². The van der Waals surface area contributed by atoms with E-state index in [0.717, 1.165) is 12.3 Å². The Kier molecular flexibility index (Phi) is 5.50. The molecule has 2 aliphatic rings. The van der Waals surface area contributed by atoms with Crippen molar-refractivity contribution in [2.45, 2.75) is 16.6 Å². The first kappa shape index (κ1) is 21.4. The largest absolute Gasteiger partial charge is 0.311 e. The van der Waals surface area contributed by atoms with Gasteiger partial charge in [-0.15, -0.1) is 0 Å². The first-order valence-electron chi connectivity index (χ1n) is 8.57. The lowest BCUT2D eigenvalue weighted by Gasteiger charge is -2.36. The average Bonchev–Trinajstić information content (AvgIpc) is 2.98. The maximum atomic E-state index is 14.4. The van der Waals surface area contributed by atoms with Gasteiger partial charge in [0.05, 0.1) is 27.8 Å².